The zero-order chi connectivity index (χ0) is 46.0. The predicted octanol–water partition coefficient (Wildman–Crippen LogP) is -1.71. The number of likely N-dealkylation sites (N-methyl/N-ethyl adjacent to an activating group) is 1. The van der Waals surface area contributed by atoms with Crippen molar-refractivity contribution in [3.05, 3.63) is 0 Å². The third kappa shape index (κ3) is 11.5. The zero-order valence-electron chi connectivity index (χ0n) is 37.7. The number of nitrogens with two attached hydrogens (primary N) is 4. The van der Waals surface area contributed by atoms with Gasteiger partial charge in [0.05, 0.1) is 36.1 Å². The minimum absolute atomic E-state index is 0.112. The Kier molecular flexibility index (Phi) is 18.3. The third-order valence-corrected chi connectivity index (χ3v) is 15.4. The lowest BCUT2D eigenvalue weighted by Crippen LogP contribution is -2.83. The quantitative estimate of drug-likeness (QED) is 0.0510. The van der Waals surface area contributed by atoms with Crippen LogP contribution < -0.4 is 28.3 Å². The normalized spacial score (nSPS) is 45.7. The van der Waals surface area contributed by atoms with Gasteiger partial charge in [0.1, 0.15) is 59.8 Å². The minimum Gasteiger partial charge on any atom is -0.388 e. The van der Waals surface area contributed by atoms with E-state index in [0.29, 0.717) is 38.4 Å². The summed E-state index contributed by atoms with van der Waals surface area (Å²) >= 11 is 7.93. The lowest BCUT2D eigenvalue weighted by atomic mass is 9.82. The maximum atomic E-state index is 13.9. The molecule has 21 atom stereocenters. The number of fused-ring (bicyclic) bond motifs is 2. The van der Waals surface area contributed by atoms with Crippen LogP contribution in [0.5, 0.6) is 0 Å². The molecule has 366 valence electrons. The second-order valence-electron chi connectivity index (χ2n) is 19.3. The van der Waals surface area contributed by atoms with E-state index in [4.69, 9.17) is 63.0 Å². The first kappa shape index (κ1) is 51.8. The number of halogens is 1. The summed E-state index contributed by atoms with van der Waals surface area (Å²) in [6.45, 7) is 8.64. The Labute approximate surface area is 381 Å². The molecule has 0 spiro atoms. The van der Waals surface area contributed by atoms with Crippen LogP contribution in [-0.2, 0) is 33.2 Å². The highest BCUT2D eigenvalue weighted by molar-refractivity contribution is 7.99. The lowest BCUT2D eigenvalue weighted by Gasteiger charge is -2.62. The number of carbonyl (C=O) groups is 1. The fourth-order valence-corrected chi connectivity index (χ4v) is 11.6. The van der Waals surface area contributed by atoms with E-state index >= 15 is 0 Å². The molecule has 19 nitrogen and oxygen atoms in total. The number of unbranched alkanes of at least 4 members (excludes halogenated alkanes) is 3. The third-order valence-electron chi connectivity index (χ3n) is 14.3. The number of hydrogen-bond acceptors (Lipinski definition) is 19. The van der Waals surface area contributed by atoms with E-state index in [-0.39, 0.29) is 31.0 Å². The van der Waals surface area contributed by atoms with Crippen LogP contribution in [0.2, 0.25) is 0 Å². The van der Waals surface area contributed by atoms with Crippen molar-refractivity contribution in [3.63, 3.8) is 0 Å². The molecule has 7 rings (SSSR count). The van der Waals surface area contributed by atoms with Crippen LogP contribution >= 0.6 is 23.4 Å². The van der Waals surface area contributed by atoms with Crippen molar-refractivity contribution in [1.29, 1.82) is 0 Å². The number of alkyl halides is 1. The number of rotatable bonds is 19. The van der Waals surface area contributed by atoms with Crippen molar-refractivity contribution in [2.24, 2.45) is 34.8 Å². The SMILES string of the molecule is CCC1CC(C(=O)NC(C(C)Cl)C23OC([C@H]2O)[C@H](O)[C@@H](SC)O3)CN(CCCCCCN(C)[C@@H]2[C@@H](O)C(OC3[C@@H](O)C(OC4O[C@H](CN)CC[C@H]4N)[C@@H](N)C[C@H]3N)OC[C@]2(C)O)C1. The van der Waals surface area contributed by atoms with Crippen LogP contribution in [0.15, 0.2) is 0 Å². The molecule has 0 aromatic carbocycles. The van der Waals surface area contributed by atoms with Crippen molar-refractivity contribution in [1.82, 2.24) is 15.1 Å². The number of ether oxygens (including phenoxy) is 6. The average Bonchev–Trinajstić information content (AvgIpc) is 3.24. The molecule has 0 radical (unpaired) electrons. The van der Waals surface area contributed by atoms with Gasteiger partial charge in [-0.1, -0.05) is 26.2 Å². The fraction of sp³-hybridized carbons (Fsp3) is 0.976. The summed E-state index contributed by atoms with van der Waals surface area (Å²) in [5, 5.41) is 58.5. The number of nitrogens with zero attached hydrogens (tertiary/aromatic N) is 2. The molecular weight excluding hydrogens is 862 g/mol. The van der Waals surface area contributed by atoms with Gasteiger partial charge in [0, 0.05) is 31.7 Å². The van der Waals surface area contributed by atoms with E-state index in [2.05, 4.69) is 17.1 Å². The molecule has 2 bridgehead atoms. The summed E-state index contributed by atoms with van der Waals surface area (Å²) in [7, 11) is 1.86. The van der Waals surface area contributed by atoms with Gasteiger partial charge in [-0.25, -0.2) is 0 Å². The van der Waals surface area contributed by atoms with E-state index in [9.17, 15) is 30.3 Å². The van der Waals surface area contributed by atoms with Crippen LogP contribution in [0.1, 0.15) is 78.6 Å². The molecular formula is C42H78ClN7O12S. The summed E-state index contributed by atoms with van der Waals surface area (Å²) in [6, 6.07) is -3.29. The van der Waals surface area contributed by atoms with Crippen molar-refractivity contribution < 1.29 is 58.7 Å². The Morgan fingerprint density at radius 1 is 0.968 bits per heavy atom. The first-order valence-electron chi connectivity index (χ1n) is 23.1. The highest BCUT2D eigenvalue weighted by atomic mass is 35.5. The predicted molar refractivity (Wildman–Crippen MR) is 236 cm³/mol. The van der Waals surface area contributed by atoms with Crippen LogP contribution in [0.25, 0.3) is 0 Å². The molecule has 63 heavy (non-hydrogen) atoms. The Morgan fingerprint density at radius 2 is 1.65 bits per heavy atom. The molecule has 0 aromatic heterocycles. The summed E-state index contributed by atoms with van der Waals surface area (Å²) in [6.07, 6.45) is -0.858. The Bertz CT molecular complexity index is 1470. The maximum Gasteiger partial charge on any atom is 0.224 e. The summed E-state index contributed by atoms with van der Waals surface area (Å²) < 4.78 is 36.2. The second-order valence-corrected chi connectivity index (χ2v) is 20.9. The number of hydrogen-bond donors (Lipinski definition) is 10. The number of carbonyl (C=O) groups excluding carboxylic acids is 1. The lowest BCUT2D eigenvalue weighted by molar-refractivity contribution is -0.463. The number of thioether (sulfide) groups is 1. The van der Waals surface area contributed by atoms with Crippen molar-refractivity contribution in [2.45, 2.75) is 192 Å². The molecule has 7 aliphatic rings. The number of aliphatic hydroxyl groups excluding tert-OH is 4. The summed E-state index contributed by atoms with van der Waals surface area (Å²) in [4.78, 5) is 18.1. The minimum atomic E-state index is -1.52. The van der Waals surface area contributed by atoms with Crippen LogP contribution in [0.3, 0.4) is 0 Å². The molecule has 1 aliphatic carbocycles. The van der Waals surface area contributed by atoms with Crippen LogP contribution in [0.4, 0.5) is 0 Å². The van der Waals surface area contributed by atoms with Gasteiger partial charge in [-0.05, 0) is 84.7 Å². The molecule has 1 saturated carbocycles. The first-order chi connectivity index (χ1) is 29.8. The monoisotopic (exact) mass is 940 g/mol. The zero-order valence-corrected chi connectivity index (χ0v) is 39.2. The van der Waals surface area contributed by atoms with Gasteiger partial charge in [0.2, 0.25) is 11.7 Å². The van der Waals surface area contributed by atoms with Gasteiger partial charge in [-0.2, -0.15) is 0 Å². The smallest absolute Gasteiger partial charge is 0.224 e. The van der Waals surface area contributed by atoms with Crippen LogP contribution in [0, 0.1) is 11.8 Å². The number of piperidine rings is 1. The standard InChI is InChI=1S/C42H78ClN7O12S/c1-6-22-15-23(37(55)48-34(21(2)43)42-36(54)33(61-42)29(52)40(62-42)63-5)19-50(18-22)14-10-8-7-9-13-49(4)35-30(53)39(57-20-41(35,3)56)60-32-27(47)16-26(46)31(28(32)51)59-38-25(45)12-11-24(17-44)58-38/h21-36,38-40,51-54,56H,6-20,44-47H2,1-5H3,(H,48,55)/t21?,22?,23?,24-,25+,26-,27+,28-,29-,30+,31?,32?,33?,34?,35+,36+,38?,39?,40+,41-,42?/m0/s1. The van der Waals surface area contributed by atoms with E-state index in [1.165, 1.54) is 11.8 Å². The highest BCUT2D eigenvalue weighted by Crippen LogP contribution is 2.49. The summed E-state index contributed by atoms with van der Waals surface area (Å²) in [5.41, 5.74) is 23.0. The van der Waals surface area contributed by atoms with Crippen molar-refractivity contribution in [2.75, 3.05) is 52.6 Å². The summed E-state index contributed by atoms with van der Waals surface area (Å²) in [5.74, 6) is -1.60. The van der Waals surface area contributed by atoms with Gasteiger partial charge >= 0.3 is 0 Å². The average molecular weight is 941 g/mol. The Morgan fingerprint density at radius 3 is 2.29 bits per heavy atom. The number of likely N-dealkylation sites (tertiary alicyclic amines) is 1. The van der Waals surface area contributed by atoms with Gasteiger partial charge in [-0.15, -0.1) is 23.4 Å². The molecule has 1 amide bonds. The van der Waals surface area contributed by atoms with E-state index in [1.54, 1.807) is 20.1 Å². The van der Waals surface area contributed by atoms with Crippen LogP contribution in [-0.4, -0.2) is 208 Å². The Balaban J connectivity index is 0.959. The largest absolute Gasteiger partial charge is 0.388 e. The second kappa shape index (κ2) is 22.2. The molecule has 7 fully saturated rings. The van der Waals surface area contributed by atoms with Gasteiger partial charge in [-0.3, -0.25) is 9.69 Å². The molecule has 10 unspecified atom stereocenters. The highest BCUT2D eigenvalue weighted by Gasteiger charge is 2.70. The number of aliphatic hydroxyl groups is 5. The van der Waals surface area contributed by atoms with Gasteiger partial charge < -0.3 is 87.1 Å². The van der Waals surface area contributed by atoms with E-state index < -0.39 is 108 Å². The molecule has 14 N–H and O–H groups in total. The van der Waals surface area contributed by atoms with Gasteiger partial charge in [0.15, 0.2) is 12.6 Å². The van der Waals surface area contributed by atoms with Crippen molar-refractivity contribution >= 4 is 29.3 Å². The molecule has 21 heteroatoms. The Hall–Kier alpha value is -0.570. The fourth-order valence-electron chi connectivity index (χ4n) is 10.7. The van der Waals surface area contributed by atoms with E-state index in [1.807, 2.05) is 11.9 Å². The maximum absolute atomic E-state index is 13.9. The topological polar surface area (TPSA) is 296 Å². The van der Waals surface area contributed by atoms with Gasteiger partial charge in [0.25, 0.3) is 0 Å². The number of nitrogens with one attached hydrogen (secondary N) is 1. The number of amides is 1. The van der Waals surface area contributed by atoms with E-state index in [0.717, 1.165) is 51.6 Å². The van der Waals surface area contributed by atoms with Crippen molar-refractivity contribution in [3.8, 4) is 0 Å². The first-order valence-corrected chi connectivity index (χ1v) is 24.8. The molecule has 0 aromatic rings. The molecule has 6 aliphatic heterocycles. The molecule has 6 saturated heterocycles. The molecule has 6 heterocycles.